The Bertz CT molecular complexity index is 1490. The highest BCUT2D eigenvalue weighted by atomic mass is 32.1. The standard InChI is InChI=1S/C27H22N4O4S/c32-24(28-14-20-9-6-12-36-20)17-30-16-19(21-10-4-5-11-23(21)30)13-22-25(33)29-27(35)31(26(22)34)15-18-7-2-1-3-8-18/h1-13,16H,14-15,17H2,(H,28,32)(H,29,33,35)/b22-13+. The van der Waals surface area contributed by atoms with E-state index in [0.29, 0.717) is 12.1 Å². The van der Waals surface area contributed by atoms with Crippen LogP contribution in [0, 0.1) is 0 Å². The van der Waals surface area contributed by atoms with Crippen LogP contribution >= 0.6 is 11.3 Å². The summed E-state index contributed by atoms with van der Waals surface area (Å²) in [4.78, 5) is 52.9. The molecule has 5 amide bonds. The van der Waals surface area contributed by atoms with Gasteiger partial charge in [-0.1, -0.05) is 54.6 Å². The maximum atomic E-state index is 13.2. The summed E-state index contributed by atoms with van der Waals surface area (Å²) in [6, 6.07) is 19.7. The lowest BCUT2D eigenvalue weighted by atomic mass is 10.1. The molecule has 2 aromatic carbocycles. The largest absolute Gasteiger partial charge is 0.350 e. The molecule has 0 atom stereocenters. The first-order chi connectivity index (χ1) is 17.5. The van der Waals surface area contributed by atoms with Gasteiger partial charge in [0.2, 0.25) is 5.91 Å². The van der Waals surface area contributed by atoms with Crippen LogP contribution in [0.25, 0.3) is 17.0 Å². The molecule has 2 aromatic heterocycles. The number of hydrogen-bond acceptors (Lipinski definition) is 5. The molecule has 0 saturated carbocycles. The first kappa shape index (κ1) is 23.3. The van der Waals surface area contributed by atoms with Gasteiger partial charge in [0.25, 0.3) is 11.8 Å². The highest BCUT2D eigenvalue weighted by Crippen LogP contribution is 2.25. The van der Waals surface area contributed by atoms with Gasteiger partial charge in [-0.2, -0.15) is 0 Å². The molecule has 3 heterocycles. The molecule has 180 valence electrons. The fraction of sp³-hybridized carbons (Fsp3) is 0.111. The Morgan fingerprint density at radius 3 is 2.53 bits per heavy atom. The minimum atomic E-state index is -0.754. The van der Waals surface area contributed by atoms with Gasteiger partial charge in [-0.15, -0.1) is 11.3 Å². The predicted octanol–water partition coefficient (Wildman–Crippen LogP) is 3.68. The van der Waals surface area contributed by atoms with E-state index >= 15 is 0 Å². The number of carbonyl (C=O) groups is 4. The molecule has 36 heavy (non-hydrogen) atoms. The number of aromatic nitrogens is 1. The van der Waals surface area contributed by atoms with Crippen molar-refractivity contribution >= 4 is 52.1 Å². The van der Waals surface area contributed by atoms with Crippen LogP contribution in [0.15, 0.2) is 83.9 Å². The van der Waals surface area contributed by atoms with E-state index < -0.39 is 17.8 Å². The number of para-hydroxylation sites is 1. The van der Waals surface area contributed by atoms with E-state index in [1.54, 1.807) is 34.2 Å². The van der Waals surface area contributed by atoms with Crippen molar-refractivity contribution in [3.63, 3.8) is 0 Å². The molecule has 1 fully saturated rings. The smallest absolute Gasteiger partial charge is 0.331 e. The molecule has 2 N–H and O–H groups in total. The molecule has 5 rings (SSSR count). The number of benzene rings is 2. The lowest BCUT2D eigenvalue weighted by Crippen LogP contribution is -2.53. The first-order valence-corrected chi connectivity index (χ1v) is 12.2. The average Bonchev–Trinajstić information content (AvgIpc) is 3.52. The molecule has 0 bridgehead atoms. The van der Waals surface area contributed by atoms with Crippen molar-refractivity contribution in [2.45, 2.75) is 19.6 Å². The maximum Gasteiger partial charge on any atom is 0.331 e. The summed E-state index contributed by atoms with van der Waals surface area (Å²) in [6.45, 7) is 0.572. The number of barbiturate groups is 1. The number of nitrogens with zero attached hydrogens (tertiary/aromatic N) is 2. The molecule has 0 unspecified atom stereocenters. The van der Waals surface area contributed by atoms with E-state index in [1.807, 2.05) is 60.0 Å². The fourth-order valence-corrected chi connectivity index (χ4v) is 4.73. The number of fused-ring (bicyclic) bond motifs is 1. The topological polar surface area (TPSA) is 101 Å². The third kappa shape index (κ3) is 4.82. The number of amides is 5. The molecule has 0 aliphatic carbocycles. The Balaban J connectivity index is 1.42. The fourth-order valence-electron chi connectivity index (χ4n) is 4.09. The zero-order chi connectivity index (χ0) is 25.1. The molecule has 0 radical (unpaired) electrons. The van der Waals surface area contributed by atoms with Gasteiger partial charge in [-0.05, 0) is 29.2 Å². The van der Waals surface area contributed by atoms with Crippen molar-refractivity contribution in [3.05, 3.63) is 99.9 Å². The molecular formula is C27H22N4O4S. The summed E-state index contributed by atoms with van der Waals surface area (Å²) < 4.78 is 1.78. The summed E-state index contributed by atoms with van der Waals surface area (Å²) in [5.41, 5.74) is 2.01. The van der Waals surface area contributed by atoms with E-state index in [4.69, 9.17) is 0 Å². The van der Waals surface area contributed by atoms with Crippen molar-refractivity contribution < 1.29 is 19.2 Å². The highest BCUT2D eigenvalue weighted by molar-refractivity contribution is 7.09. The second-order valence-corrected chi connectivity index (χ2v) is 9.31. The van der Waals surface area contributed by atoms with Gasteiger partial charge >= 0.3 is 6.03 Å². The first-order valence-electron chi connectivity index (χ1n) is 11.3. The SMILES string of the molecule is O=C(Cn1cc(/C=C2\C(=O)NC(=O)N(Cc3ccccc3)C2=O)c2ccccc21)NCc1cccs1. The zero-order valence-corrected chi connectivity index (χ0v) is 20.0. The van der Waals surface area contributed by atoms with Crippen molar-refractivity contribution in [3.8, 4) is 0 Å². The summed E-state index contributed by atoms with van der Waals surface area (Å²) in [6.07, 6.45) is 3.21. The molecule has 4 aromatic rings. The molecule has 0 spiro atoms. The number of rotatable bonds is 7. The van der Waals surface area contributed by atoms with Crippen LogP contribution in [-0.2, 0) is 34.0 Å². The number of urea groups is 1. The maximum absolute atomic E-state index is 13.2. The third-order valence-electron chi connectivity index (χ3n) is 5.84. The van der Waals surface area contributed by atoms with Crippen molar-refractivity contribution in [1.29, 1.82) is 0 Å². The van der Waals surface area contributed by atoms with Crippen molar-refractivity contribution in [1.82, 2.24) is 20.1 Å². The van der Waals surface area contributed by atoms with Crippen LogP contribution in [0.4, 0.5) is 4.79 Å². The molecular weight excluding hydrogens is 476 g/mol. The number of hydrogen-bond donors (Lipinski definition) is 2. The van der Waals surface area contributed by atoms with Crippen LogP contribution in [0.3, 0.4) is 0 Å². The summed E-state index contributed by atoms with van der Waals surface area (Å²) >= 11 is 1.57. The number of nitrogens with one attached hydrogen (secondary N) is 2. The minimum Gasteiger partial charge on any atom is -0.350 e. The number of imide groups is 2. The van der Waals surface area contributed by atoms with E-state index in [-0.39, 0.29) is 24.6 Å². The average molecular weight is 499 g/mol. The van der Waals surface area contributed by atoms with Gasteiger partial charge in [-0.3, -0.25) is 24.6 Å². The number of carbonyl (C=O) groups excluding carboxylic acids is 4. The van der Waals surface area contributed by atoms with Crippen LogP contribution in [0.1, 0.15) is 16.0 Å². The summed E-state index contributed by atoms with van der Waals surface area (Å²) in [5.74, 6) is -1.58. The van der Waals surface area contributed by atoms with Crippen LogP contribution in [0.5, 0.6) is 0 Å². The quantitative estimate of drug-likeness (QED) is 0.300. The van der Waals surface area contributed by atoms with Crippen LogP contribution in [-0.4, -0.2) is 33.2 Å². The monoisotopic (exact) mass is 498 g/mol. The van der Waals surface area contributed by atoms with Gasteiger partial charge in [0, 0.05) is 27.5 Å². The van der Waals surface area contributed by atoms with Gasteiger partial charge in [0.15, 0.2) is 0 Å². The van der Waals surface area contributed by atoms with E-state index in [2.05, 4.69) is 10.6 Å². The Morgan fingerprint density at radius 1 is 0.972 bits per heavy atom. The zero-order valence-electron chi connectivity index (χ0n) is 19.1. The predicted molar refractivity (Wildman–Crippen MR) is 137 cm³/mol. The Hall–Kier alpha value is -4.50. The summed E-state index contributed by atoms with van der Waals surface area (Å²) in [7, 11) is 0. The van der Waals surface area contributed by atoms with Crippen LogP contribution in [0.2, 0.25) is 0 Å². The van der Waals surface area contributed by atoms with Crippen LogP contribution < -0.4 is 10.6 Å². The Labute approximate surface area is 210 Å². The lowest BCUT2D eigenvalue weighted by molar-refractivity contribution is -0.130. The normalized spacial score (nSPS) is 14.9. The second-order valence-electron chi connectivity index (χ2n) is 8.28. The summed E-state index contributed by atoms with van der Waals surface area (Å²) in [5, 5.41) is 7.90. The second kappa shape index (κ2) is 10.0. The molecule has 1 saturated heterocycles. The third-order valence-corrected chi connectivity index (χ3v) is 6.72. The van der Waals surface area contributed by atoms with Gasteiger partial charge in [-0.25, -0.2) is 4.79 Å². The Kier molecular flexibility index (Phi) is 6.46. The highest BCUT2D eigenvalue weighted by Gasteiger charge is 2.35. The lowest BCUT2D eigenvalue weighted by Gasteiger charge is -2.26. The molecule has 1 aliphatic rings. The Morgan fingerprint density at radius 2 is 1.75 bits per heavy atom. The van der Waals surface area contributed by atoms with Gasteiger partial charge in [0.1, 0.15) is 12.1 Å². The minimum absolute atomic E-state index is 0.0439. The van der Waals surface area contributed by atoms with Crippen molar-refractivity contribution in [2.24, 2.45) is 0 Å². The van der Waals surface area contributed by atoms with E-state index in [0.717, 1.165) is 26.2 Å². The van der Waals surface area contributed by atoms with E-state index in [9.17, 15) is 19.2 Å². The molecule has 1 aliphatic heterocycles. The van der Waals surface area contributed by atoms with Gasteiger partial charge in [0.05, 0.1) is 13.1 Å². The van der Waals surface area contributed by atoms with Gasteiger partial charge < -0.3 is 9.88 Å². The number of thiophene rings is 1. The van der Waals surface area contributed by atoms with Crippen molar-refractivity contribution in [2.75, 3.05) is 0 Å². The molecule has 8 nitrogen and oxygen atoms in total. The molecule has 9 heteroatoms. The van der Waals surface area contributed by atoms with E-state index in [1.165, 1.54) is 6.08 Å².